The van der Waals surface area contributed by atoms with Gasteiger partial charge in [-0.25, -0.2) is 0 Å². The minimum atomic E-state index is -0.646. The van der Waals surface area contributed by atoms with Crippen LogP contribution in [0, 0.1) is 12.8 Å². The number of carboxylic acid groups (broad SMARTS) is 1. The molecule has 0 spiro atoms. The quantitative estimate of drug-likeness (QED) is 0.906. The number of aliphatic carboxylic acids is 1. The van der Waals surface area contributed by atoms with Crippen molar-refractivity contribution in [2.75, 3.05) is 13.1 Å². The van der Waals surface area contributed by atoms with Crippen LogP contribution in [0.4, 0.5) is 0 Å². The first kappa shape index (κ1) is 14.0. The van der Waals surface area contributed by atoms with E-state index >= 15 is 0 Å². The molecule has 1 saturated heterocycles. The summed E-state index contributed by atoms with van der Waals surface area (Å²) in [6.45, 7) is 6.03. The van der Waals surface area contributed by atoms with Crippen molar-refractivity contribution in [2.24, 2.45) is 5.92 Å². The lowest BCUT2D eigenvalue weighted by atomic mass is 9.92. The lowest BCUT2D eigenvalue weighted by Crippen LogP contribution is -2.38. The molecule has 4 nitrogen and oxygen atoms in total. The molecule has 0 saturated carbocycles. The van der Waals surface area contributed by atoms with Crippen molar-refractivity contribution >= 4 is 5.97 Å². The number of aromatic nitrogens is 1. The molecule has 1 atom stereocenters. The summed E-state index contributed by atoms with van der Waals surface area (Å²) < 4.78 is 0. The number of rotatable bonds is 4. The third kappa shape index (κ3) is 3.13. The summed E-state index contributed by atoms with van der Waals surface area (Å²) in [6.07, 6.45) is 6.31. The fourth-order valence-electron chi connectivity index (χ4n) is 2.99. The van der Waals surface area contributed by atoms with Gasteiger partial charge < -0.3 is 5.11 Å². The van der Waals surface area contributed by atoms with Crippen molar-refractivity contribution in [1.82, 2.24) is 9.88 Å². The second-order valence-electron chi connectivity index (χ2n) is 5.30. The standard InChI is InChI=1S/C15H22N2O2/c1-3-14(13-4-7-16-10-11(13)2)17-8-5-12(6-9-17)15(18)19/h4,7,10,12,14H,3,5-6,8-9H2,1-2H3,(H,18,19). The Bertz CT molecular complexity index is 440. The van der Waals surface area contributed by atoms with Gasteiger partial charge in [0, 0.05) is 18.4 Å². The Labute approximate surface area is 114 Å². The van der Waals surface area contributed by atoms with Gasteiger partial charge >= 0.3 is 5.97 Å². The minimum absolute atomic E-state index is 0.160. The number of pyridine rings is 1. The maximum Gasteiger partial charge on any atom is 0.306 e. The van der Waals surface area contributed by atoms with E-state index in [9.17, 15) is 4.79 Å². The Morgan fingerprint density at radius 3 is 2.74 bits per heavy atom. The smallest absolute Gasteiger partial charge is 0.306 e. The molecule has 0 amide bonds. The molecule has 0 bridgehead atoms. The largest absolute Gasteiger partial charge is 0.481 e. The van der Waals surface area contributed by atoms with Gasteiger partial charge in [-0.1, -0.05) is 6.92 Å². The van der Waals surface area contributed by atoms with E-state index in [1.807, 2.05) is 12.4 Å². The van der Waals surface area contributed by atoms with Crippen LogP contribution in [0.15, 0.2) is 18.5 Å². The molecule has 2 rings (SSSR count). The number of piperidine rings is 1. The number of carboxylic acids is 1. The van der Waals surface area contributed by atoms with Gasteiger partial charge in [0.15, 0.2) is 0 Å². The molecule has 2 heterocycles. The van der Waals surface area contributed by atoms with Gasteiger partial charge in [0.2, 0.25) is 0 Å². The van der Waals surface area contributed by atoms with E-state index in [1.54, 1.807) is 0 Å². The number of aryl methyl sites for hydroxylation is 1. The van der Waals surface area contributed by atoms with Crippen LogP contribution in [-0.4, -0.2) is 34.0 Å². The summed E-state index contributed by atoms with van der Waals surface area (Å²) in [7, 11) is 0. The summed E-state index contributed by atoms with van der Waals surface area (Å²) >= 11 is 0. The molecular weight excluding hydrogens is 240 g/mol. The van der Waals surface area contributed by atoms with Crippen molar-refractivity contribution in [2.45, 2.75) is 39.2 Å². The van der Waals surface area contributed by atoms with Gasteiger partial charge in [-0.05, 0) is 56.5 Å². The summed E-state index contributed by atoms with van der Waals surface area (Å²) in [6, 6.07) is 2.48. The average Bonchev–Trinajstić information content (AvgIpc) is 2.42. The van der Waals surface area contributed by atoms with E-state index in [0.29, 0.717) is 6.04 Å². The number of nitrogens with zero attached hydrogens (tertiary/aromatic N) is 2. The van der Waals surface area contributed by atoms with Crippen LogP contribution in [0.5, 0.6) is 0 Å². The molecule has 104 valence electrons. The van der Waals surface area contributed by atoms with E-state index in [2.05, 4.69) is 29.8 Å². The second kappa shape index (κ2) is 6.15. The van der Waals surface area contributed by atoms with Crippen molar-refractivity contribution in [3.05, 3.63) is 29.6 Å². The van der Waals surface area contributed by atoms with E-state index < -0.39 is 5.97 Å². The van der Waals surface area contributed by atoms with E-state index in [-0.39, 0.29) is 5.92 Å². The topological polar surface area (TPSA) is 53.4 Å². The molecule has 0 aliphatic carbocycles. The molecule has 0 aromatic carbocycles. The van der Waals surface area contributed by atoms with Crippen LogP contribution >= 0.6 is 0 Å². The van der Waals surface area contributed by atoms with Crippen LogP contribution in [0.3, 0.4) is 0 Å². The van der Waals surface area contributed by atoms with Crippen molar-refractivity contribution in [1.29, 1.82) is 0 Å². The fourth-order valence-corrected chi connectivity index (χ4v) is 2.99. The van der Waals surface area contributed by atoms with Crippen molar-refractivity contribution in [3.8, 4) is 0 Å². The molecule has 0 radical (unpaired) electrons. The highest BCUT2D eigenvalue weighted by Gasteiger charge is 2.28. The molecular formula is C15H22N2O2. The molecule has 1 aromatic heterocycles. The van der Waals surface area contributed by atoms with Gasteiger partial charge in [-0.3, -0.25) is 14.7 Å². The van der Waals surface area contributed by atoms with Gasteiger partial charge in [-0.15, -0.1) is 0 Å². The highest BCUT2D eigenvalue weighted by atomic mass is 16.4. The Hall–Kier alpha value is -1.42. The first-order valence-electron chi connectivity index (χ1n) is 7.00. The second-order valence-corrected chi connectivity index (χ2v) is 5.30. The highest BCUT2D eigenvalue weighted by Crippen LogP contribution is 2.30. The molecule has 19 heavy (non-hydrogen) atoms. The number of carbonyl (C=O) groups is 1. The third-order valence-corrected chi connectivity index (χ3v) is 4.13. The van der Waals surface area contributed by atoms with Crippen LogP contribution in [0.25, 0.3) is 0 Å². The lowest BCUT2D eigenvalue weighted by molar-refractivity contribution is -0.143. The summed E-state index contributed by atoms with van der Waals surface area (Å²) in [5, 5.41) is 9.05. The summed E-state index contributed by atoms with van der Waals surface area (Å²) in [4.78, 5) is 17.6. The normalized spacial score (nSPS) is 19.3. The SMILES string of the molecule is CCC(c1ccncc1C)N1CCC(C(=O)O)CC1. The Balaban J connectivity index is 2.08. The predicted molar refractivity (Wildman–Crippen MR) is 73.9 cm³/mol. The number of hydrogen-bond donors (Lipinski definition) is 1. The summed E-state index contributed by atoms with van der Waals surface area (Å²) in [5.74, 6) is -0.805. The highest BCUT2D eigenvalue weighted by molar-refractivity contribution is 5.70. The first-order valence-corrected chi connectivity index (χ1v) is 7.00. The molecule has 1 N–H and O–H groups in total. The molecule has 1 aliphatic rings. The molecule has 1 aromatic rings. The average molecular weight is 262 g/mol. The maximum absolute atomic E-state index is 11.0. The van der Waals surface area contributed by atoms with Crippen LogP contribution < -0.4 is 0 Å². The predicted octanol–water partition coefficient (Wildman–Crippen LogP) is 2.64. The molecule has 1 aliphatic heterocycles. The minimum Gasteiger partial charge on any atom is -0.481 e. The van der Waals surface area contributed by atoms with Gasteiger partial charge in [-0.2, -0.15) is 0 Å². The van der Waals surface area contributed by atoms with E-state index in [4.69, 9.17) is 5.11 Å². The van der Waals surface area contributed by atoms with Gasteiger partial charge in [0.1, 0.15) is 0 Å². The van der Waals surface area contributed by atoms with Gasteiger partial charge in [0.25, 0.3) is 0 Å². The Kier molecular flexibility index (Phi) is 4.53. The zero-order valence-electron chi connectivity index (χ0n) is 11.7. The van der Waals surface area contributed by atoms with E-state index in [1.165, 1.54) is 11.1 Å². The number of hydrogen-bond acceptors (Lipinski definition) is 3. The van der Waals surface area contributed by atoms with Gasteiger partial charge in [0.05, 0.1) is 5.92 Å². The number of likely N-dealkylation sites (tertiary alicyclic amines) is 1. The van der Waals surface area contributed by atoms with Crippen LogP contribution in [0.2, 0.25) is 0 Å². The van der Waals surface area contributed by atoms with Crippen LogP contribution in [0.1, 0.15) is 43.4 Å². The monoisotopic (exact) mass is 262 g/mol. The van der Waals surface area contributed by atoms with E-state index in [0.717, 1.165) is 32.4 Å². The molecule has 4 heteroatoms. The first-order chi connectivity index (χ1) is 9.13. The zero-order chi connectivity index (χ0) is 13.8. The molecule has 1 unspecified atom stereocenters. The lowest BCUT2D eigenvalue weighted by Gasteiger charge is -2.36. The third-order valence-electron chi connectivity index (χ3n) is 4.13. The van der Waals surface area contributed by atoms with Crippen molar-refractivity contribution < 1.29 is 9.90 Å². The molecule has 1 fully saturated rings. The summed E-state index contributed by atoms with van der Waals surface area (Å²) in [5.41, 5.74) is 2.54. The Morgan fingerprint density at radius 2 is 2.21 bits per heavy atom. The Morgan fingerprint density at radius 1 is 1.53 bits per heavy atom. The van der Waals surface area contributed by atoms with Crippen LogP contribution in [-0.2, 0) is 4.79 Å². The zero-order valence-corrected chi connectivity index (χ0v) is 11.7. The fraction of sp³-hybridized carbons (Fsp3) is 0.600. The van der Waals surface area contributed by atoms with Crippen molar-refractivity contribution in [3.63, 3.8) is 0 Å². The maximum atomic E-state index is 11.0.